The molecule has 0 radical (unpaired) electrons. The summed E-state index contributed by atoms with van der Waals surface area (Å²) < 4.78 is 11.5. The van der Waals surface area contributed by atoms with Gasteiger partial charge in [-0.15, -0.1) is 0 Å². The molecule has 3 rings (SSSR count). The van der Waals surface area contributed by atoms with E-state index in [0.29, 0.717) is 19.8 Å². The van der Waals surface area contributed by atoms with Crippen LogP contribution in [0.5, 0.6) is 0 Å². The summed E-state index contributed by atoms with van der Waals surface area (Å²) in [6.45, 7) is 1.80. The van der Waals surface area contributed by atoms with Crippen molar-refractivity contribution in [3.8, 4) is 0 Å². The lowest BCUT2D eigenvalue weighted by Gasteiger charge is -2.32. The van der Waals surface area contributed by atoms with Crippen molar-refractivity contribution in [3.63, 3.8) is 0 Å². The van der Waals surface area contributed by atoms with Crippen LogP contribution in [0.2, 0.25) is 0 Å². The maximum atomic E-state index is 12.7. The zero-order valence-electron chi connectivity index (χ0n) is 10.6. The van der Waals surface area contributed by atoms with Crippen molar-refractivity contribution in [3.05, 3.63) is 29.8 Å². The Morgan fingerprint density at radius 1 is 1.26 bits per heavy atom. The van der Waals surface area contributed by atoms with Crippen molar-refractivity contribution >= 4 is 27.5 Å². The molecule has 0 aromatic heterocycles. The summed E-state index contributed by atoms with van der Waals surface area (Å²) in [5.74, 6) is -1.28. The third-order valence-electron chi connectivity index (χ3n) is 3.49. The number of alkyl halides is 1. The van der Waals surface area contributed by atoms with Gasteiger partial charge < -0.3 is 14.4 Å². The highest BCUT2D eigenvalue weighted by Gasteiger charge is 2.54. The molecule has 1 aromatic carbocycles. The van der Waals surface area contributed by atoms with Crippen LogP contribution in [-0.2, 0) is 20.1 Å². The number of benzene rings is 1. The molecule has 1 aromatic rings. The fourth-order valence-electron chi connectivity index (χ4n) is 2.64. The lowest BCUT2D eigenvalue weighted by molar-refractivity contribution is -0.256. The molecule has 0 N–H and O–H groups in total. The number of ether oxygens (including phenoxy) is 2. The number of carbonyl (C=O) groups excluding carboxylic acids is 1. The average molecular weight is 326 g/mol. The zero-order chi connectivity index (χ0) is 13.3. The van der Waals surface area contributed by atoms with Crippen LogP contribution in [-0.4, -0.2) is 31.0 Å². The Bertz CT molecular complexity index is 485. The van der Waals surface area contributed by atoms with E-state index in [0.717, 1.165) is 29.4 Å². The Balaban J connectivity index is 2.01. The van der Waals surface area contributed by atoms with Gasteiger partial charge in [0.25, 0.3) is 11.7 Å². The van der Waals surface area contributed by atoms with Crippen LogP contribution in [0.15, 0.2) is 24.3 Å². The van der Waals surface area contributed by atoms with Gasteiger partial charge in [0.2, 0.25) is 0 Å². The largest absolute Gasteiger partial charge is 0.338 e. The molecule has 2 aliphatic rings. The fourth-order valence-corrected chi connectivity index (χ4v) is 2.89. The third kappa shape index (κ3) is 2.00. The van der Waals surface area contributed by atoms with E-state index in [4.69, 9.17) is 9.47 Å². The molecule has 1 saturated heterocycles. The van der Waals surface area contributed by atoms with Gasteiger partial charge in [0.15, 0.2) is 0 Å². The number of hydrogen-bond donors (Lipinski definition) is 0. The highest BCUT2D eigenvalue weighted by atomic mass is 79.9. The van der Waals surface area contributed by atoms with Crippen molar-refractivity contribution in [1.82, 2.24) is 0 Å². The molecule has 102 valence electrons. The van der Waals surface area contributed by atoms with Crippen LogP contribution in [0.3, 0.4) is 0 Å². The van der Waals surface area contributed by atoms with Crippen LogP contribution in [0.25, 0.3) is 0 Å². The maximum absolute atomic E-state index is 12.7. The van der Waals surface area contributed by atoms with E-state index in [2.05, 4.69) is 15.9 Å². The number of anilines is 1. The highest BCUT2D eigenvalue weighted by Crippen LogP contribution is 2.44. The molecule has 19 heavy (non-hydrogen) atoms. The standard InChI is InChI=1S/C14H16BrNO3/c15-7-3-8-16-12-6-2-1-5-11(12)14(13(16)17)18-9-4-10-19-14/h1-2,5-6H,3-4,7-10H2. The van der Waals surface area contributed by atoms with E-state index in [9.17, 15) is 4.79 Å². The number of hydrogen-bond acceptors (Lipinski definition) is 3. The smallest absolute Gasteiger partial charge is 0.292 e. The van der Waals surface area contributed by atoms with Crippen LogP contribution in [0.4, 0.5) is 5.69 Å². The lowest BCUT2D eigenvalue weighted by Crippen LogP contribution is -2.47. The minimum Gasteiger partial charge on any atom is -0.338 e. The monoisotopic (exact) mass is 325 g/mol. The fraction of sp³-hybridized carbons (Fsp3) is 0.500. The quantitative estimate of drug-likeness (QED) is 0.801. The third-order valence-corrected chi connectivity index (χ3v) is 4.05. The van der Waals surface area contributed by atoms with E-state index in [1.807, 2.05) is 24.3 Å². The maximum Gasteiger partial charge on any atom is 0.292 e. The summed E-state index contributed by atoms with van der Waals surface area (Å²) in [4.78, 5) is 14.5. The predicted octanol–water partition coefficient (Wildman–Crippen LogP) is 2.41. The van der Waals surface area contributed by atoms with Gasteiger partial charge in [-0.1, -0.05) is 34.1 Å². The van der Waals surface area contributed by atoms with Crippen molar-refractivity contribution in [2.75, 3.05) is 30.0 Å². The van der Waals surface area contributed by atoms with Gasteiger partial charge >= 0.3 is 0 Å². The summed E-state index contributed by atoms with van der Waals surface area (Å²) in [7, 11) is 0. The van der Waals surface area contributed by atoms with Gasteiger partial charge in [-0.3, -0.25) is 4.79 Å². The summed E-state index contributed by atoms with van der Waals surface area (Å²) in [5, 5.41) is 0.869. The first-order valence-electron chi connectivity index (χ1n) is 6.55. The number of halogens is 1. The van der Waals surface area contributed by atoms with Crippen molar-refractivity contribution in [1.29, 1.82) is 0 Å². The summed E-state index contributed by atoms with van der Waals surface area (Å²) in [6.07, 6.45) is 1.73. The van der Waals surface area contributed by atoms with Crippen LogP contribution in [0.1, 0.15) is 18.4 Å². The number of nitrogens with zero attached hydrogens (tertiary/aromatic N) is 1. The van der Waals surface area contributed by atoms with Gasteiger partial charge in [-0.25, -0.2) is 0 Å². The van der Waals surface area contributed by atoms with E-state index in [1.54, 1.807) is 4.90 Å². The minimum absolute atomic E-state index is 0.0886. The first-order valence-corrected chi connectivity index (χ1v) is 7.67. The van der Waals surface area contributed by atoms with Crippen LogP contribution < -0.4 is 4.90 Å². The Kier molecular flexibility index (Phi) is 3.60. The second-order valence-electron chi connectivity index (χ2n) is 4.68. The van der Waals surface area contributed by atoms with Gasteiger partial charge in [0.1, 0.15) is 0 Å². The van der Waals surface area contributed by atoms with E-state index < -0.39 is 5.79 Å². The van der Waals surface area contributed by atoms with Gasteiger partial charge in [0, 0.05) is 17.4 Å². The van der Waals surface area contributed by atoms with Crippen LogP contribution >= 0.6 is 15.9 Å². The summed E-state index contributed by atoms with van der Waals surface area (Å²) in [5.41, 5.74) is 1.75. The molecule has 2 heterocycles. The van der Waals surface area contributed by atoms with Crippen molar-refractivity contribution in [2.24, 2.45) is 0 Å². The van der Waals surface area contributed by atoms with Crippen LogP contribution in [0, 0.1) is 0 Å². The first-order chi connectivity index (χ1) is 9.29. The molecule has 0 aliphatic carbocycles. The molecule has 4 nitrogen and oxygen atoms in total. The molecular weight excluding hydrogens is 310 g/mol. The number of rotatable bonds is 3. The Labute approximate surface area is 120 Å². The van der Waals surface area contributed by atoms with Crippen molar-refractivity contribution in [2.45, 2.75) is 18.6 Å². The Morgan fingerprint density at radius 3 is 2.74 bits per heavy atom. The number of fused-ring (bicyclic) bond motifs is 2. The van der Waals surface area contributed by atoms with Gasteiger partial charge in [0.05, 0.1) is 18.9 Å². The summed E-state index contributed by atoms with van der Waals surface area (Å²) in [6, 6.07) is 7.74. The number of carbonyl (C=O) groups is 1. The lowest BCUT2D eigenvalue weighted by atomic mass is 10.1. The topological polar surface area (TPSA) is 38.8 Å². The molecule has 1 spiro atoms. The van der Waals surface area contributed by atoms with E-state index in [1.165, 1.54) is 0 Å². The van der Waals surface area contributed by atoms with E-state index >= 15 is 0 Å². The molecular formula is C14H16BrNO3. The normalized spacial score (nSPS) is 20.9. The van der Waals surface area contributed by atoms with Gasteiger partial charge in [-0.05, 0) is 18.9 Å². The molecule has 1 amide bonds. The first kappa shape index (κ1) is 13.1. The second-order valence-corrected chi connectivity index (χ2v) is 5.48. The van der Waals surface area contributed by atoms with E-state index in [-0.39, 0.29) is 5.91 Å². The highest BCUT2D eigenvalue weighted by molar-refractivity contribution is 9.09. The summed E-state index contributed by atoms with van der Waals surface area (Å²) >= 11 is 3.40. The molecule has 5 heteroatoms. The molecule has 1 fully saturated rings. The number of para-hydroxylation sites is 1. The zero-order valence-corrected chi connectivity index (χ0v) is 12.2. The number of amides is 1. The van der Waals surface area contributed by atoms with Crippen molar-refractivity contribution < 1.29 is 14.3 Å². The molecule has 0 unspecified atom stereocenters. The molecule has 0 bridgehead atoms. The SMILES string of the molecule is O=C1N(CCCBr)c2ccccc2C12OCCCO2. The average Bonchev–Trinajstić information content (AvgIpc) is 2.69. The molecule has 0 atom stereocenters. The predicted molar refractivity (Wildman–Crippen MR) is 75.4 cm³/mol. The van der Waals surface area contributed by atoms with Gasteiger partial charge in [-0.2, -0.15) is 0 Å². The molecule has 0 saturated carbocycles. The molecule has 2 aliphatic heterocycles. The second kappa shape index (κ2) is 5.23. The minimum atomic E-state index is -1.19. The Hall–Kier alpha value is -0.910. The Morgan fingerprint density at radius 2 is 2.00 bits per heavy atom.